The summed E-state index contributed by atoms with van der Waals surface area (Å²) in [5, 5.41) is 0. The Morgan fingerprint density at radius 2 is 1.75 bits per heavy atom. The molecule has 0 bridgehead atoms. The zero-order valence-corrected chi connectivity index (χ0v) is 9.44. The highest BCUT2D eigenvalue weighted by Crippen LogP contribution is 2.23. The van der Waals surface area contributed by atoms with Crippen molar-refractivity contribution in [3.63, 3.8) is 0 Å². The smallest absolute Gasteiger partial charge is 0.00168 e. The van der Waals surface area contributed by atoms with Gasteiger partial charge in [0.05, 0.1) is 0 Å². The monoisotopic (exact) mass is 169 g/mol. The Hall–Kier alpha value is -0.300. The molecule has 0 aliphatic rings. The second kappa shape index (κ2) is 4.66. The van der Waals surface area contributed by atoms with Crippen LogP contribution in [0.3, 0.4) is 0 Å². The fraction of sp³-hybridized carbons (Fsp3) is 0.818. The summed E-state index contributed by atoms with van der Waals surface area (Å²) in [6.45, 7) is 10.1. The molecule has 0 spiro atoms. The van der Waals surface area contributed by atoms with E-state index >= 15 is 0 Å². The van der Waals surface area contributed by atoms with Crippen molar-refractivity contribution in [2.75, 3.05) is 20.6 Å². The molecule has 0 rings (SSSR count). The maximum atomic E-state index is 2.36. The Balaban J connectivity index is 3.96. The Morgan fingerprint density at radius 1 is 1.25 bits per heavy atom. The van der Waals surface area contributed by atoms with Crippen LogP contribution in [0.2, 0.25) is 0 Å². The summed E-state index contributed by atoms with van der Waals surface area (Å²) in [5.41, 5.74) is 1.77. The normalized spacial score (nSPS) is 11.9. The summed E-state index contributed by atoms with van der Waals surface area (Å²) in [7, 11) is 4.25. The lowest BCUT2D eigenvalue weighted by atomic mass is 9.87. The largest absolute Gasteiger partial charge is 0.309 e. The topological polar surface area (TPSA) is 3.24 Å². The molecule has 0 radical (unpaired) electrons. The van der Waals surface area contributed by atoms with Crippen LogP contribution in [0.1, 0.15) is 34.1 Å². The molecule has 0 aromatic heterocycles. The third-order valence-electron chi connectivity index (χ3n) is 1.88. The van der Waals surface area contributed by atoms with Gasteiger partial charge in [-0.05, 0) is 46.3 Å². The van der Waals surface area contributed by atoms with E-state index in [1.165, 1.54) is 12.0 Å². The second-order valence-electron chi connectivity index (χ2n) is 4.76. The highest BCUT2D eigenvalue weighted by atomic mass is 15.0. The molecule has 72 valence electrons. The minimum absolute atomic E-state index is 0.350. The molecule has 1 nitrogen and oxygen atoms in total. The van der Waals surface area contributed by atoms with E-state index in [-0.39, 0.29) is 0 Å². The van der Waals surface area contributed by atoms with E-state index in [9.17, 15) is 0 Å². The quantitative estimate of drug-likeness (QED) is 0.585. The van der Waals surface area contributed by atoms with Crippen LogP contribution in [0, 0.1) is 5.41 Å². The van der Waals surface area contributed by atoms with Gasteiger partial charge in [0, 0.05) is 0 Å². The average Bonchev–Trinajstić information content (AvgIpc) is 1.81. The fourth-order valence-electron chi connectivity index (χ4n) is 1.37. The summed E-state index contributed by atoms with van der Waals surface area (Å²) >= 11 is 0. The van der Waals surface area contributed by atoms with Gasteiger partial charge in [0.15, 0.2) is 0 Å². The lowest BCUT2D eigenvalue weighted by molar-refractivity contribution is 0.324. The highest BCUT2D eigenvalue weighted by Gasteiger charge is 2.13. The first-order valence-corrected chi connectivity index (χ1v) is 4.64. The Kier molecular flexibility index (Phi) is 4.54. The van der Waals surface area contributed by atoms with E-state index < -0.39 is 0 Å². The molecule has 0 atom stereocenters. The summed E-state index contributed by atoms with van der Waals surface area (Å²) in [5.74, 6) is 0. The fourth-order valence-corrected chi connectivity index (χ4v) is 1.37. The van der Waals surface area contributed by atoms with Crippen molar-refractivity contribution >= 4 is 0 Å². The van der Waals surface area contributed by atoms with E-state index in [1.54, 1.807) is 0 Å². The third-order valence-corrected chi connectivity index (χ3v) is 1.88. The molecule has 0 fully saturated rings. The van der Waals surface area contributed by atoms with Gasteiger partial charge in [0.1, 0.15) is 0 Å². The Bertz CT molecular complexity index is 150. The predicted molar refractivity (Wildman–Crippen MR) is 56.4 cm³/mol. The molecule has 0 aromatic rings. The standard InChI is InChI=1S/C11H23N/c1-10(2)9-11(3,4)7-8-12(5)6/h9H,7-8H2,1-6H3. The number of allylic oxidation sites excluding steroid dienone is 2. The van der Waals surface area contributed by atoms with Gasteiger partial charge >= 0.3 is 0 Å². The van der Waals surface area contributed by atoms with Crippen molar-refractivity contribution in [1.29, 1.82) is 0 Å². The number of nitrogens with zero attached hydrogens (tertiary/aromatic N) is 1. The van der Waals surface area contributed by atoms with Gasteiger partial charge in [-0.25, -0.2) is 0 Å². The lowest BCUT2D eigenvalue weighted by Gasteiger charge is -2.23. The lowest BCUT2D eigenvalue weighted by Crippen LogP contribution is -2.20. The first-order valence-electron chi connectivity index (χ1n) is 4.64. The van der Waals surface area contributed by atoms with E-state index in [0.29, 0.717) is 5.41 Å². The first kappa shape index (κ1) is 11.7. The minimum atomic E-state index is 0.350. The van der Waals surface area contributed by atoms with Gasteiger partial charge < -0.3 is 4.90 Å². The van der Waals surface area contributed by atoms with Gasteiger partial charge in [-0.2, -0.15) is 0 Å². The maximum Gasteiger partial charge on any atom is -0.00168 e. The molecule has 0 N–H and O–H groups in total. The maximum absolute atomic E-state index is 2.36. The van der Waals surface area contributed by atoms with Crippen LogP contribution in [-0.2, 0) is 0 Å². The summed E-state index contributed by atoms with van der Waals surface area (Å²) in [6.07, 6.45) is 3.58. The van der Waals surface area contributed by atoms with E-state index in [2.05, 4.69) is 52.8 Å². The van der Waals surface area contributed by atoms with Crippen LogP contribution in [0.25, 0.3) is 0 Å². The number of hydrogen-bond donors (Lipinski definition) is 0. The molecule has 0 aliphatic heterocycles. The molecule has 0 aromatic carbocycles. The summed E-state index contributed by atoms with van der Waals surface area (Å²) < 4.78 is 0. The Morgan fingerprint density at radius 3 is 2.08 bits per heavy atom. The molecule has 0 saturated carbocycles. The third kappa shape index (κ3) is 6.41. The molecular weight excluding hydrogens is 146 g/mol. The van der Waals surface area contributed by atoms with Crippen molar-refractivity contribution in [2.45, 2.75) is 34.1 Å². The van der Waals surface area contributed by atoms with E-state index in [1.807, 2.05) is 0 Å². The van der Waals surface area contributed by atoms with Crippen LogP contribution in [0.4, 0.5) is 0 Å². The Labute approximate surface area is 77.5 Å². The van der Waals surface area contributed by atoms with E-state index in [0.717, 1.165) is 6.54 Å². The number of rotatable bonds is 4. The van der Waals surface area contributed by atoms with Crippen LogP contribution in [0.5, 0.6) is 0 Å². The minimum Gasteiger partial charge on any atom is -0.309 e. The molecule has 12 heavy (non-hydrogen) atoms. The van der Waals surface area contributed by atoms with Crippen molar-refractivity contribution in [1.82, 2.24) is 4.90 Å². The van der Waals surface area contributed by atoms with Crippen LogP contribution in [-0.4, -0.2) is 25.5 Å². The zero-order valence-electron chi connectivity index (χ0n) is 9.44. The second-order valence-corrected chi connectivity index (χ2v) is 4.76. The molecule has 0 saturated heterocycles. The van der Waals surface area contributed by atoms with Crippen LogP contribution < -0.4 is 0 Å². The average molecular weight is 169 g/mol. The van der Waals surface area contributed by atoms with Crippen LogP contribution >= 0.6 is 0 Å². The van der Waals surface area contributed by atoms with Gasteiger partial charge in [0.2, 0.25) is 0 Å². The van der Waals surface area contributed by atoms with Crippen molar-refractivity contribution < 1.29 is 0 Å². The van der Waals surface area contributed by atoms with Gasteiger partial charge in [-0.1, -0.05) is 25.5 Å². The van der Waals surface area contributed by atoms with Crippen molar-refractivity contribution in [3.05, 3.63) is 11.6 Å². The number of hydrogen-bond acceptors (Lipinski definition) is 1. The molecular formula is C11H23N. The molecule has 1 heteroatoms. The highest BCUT2D eigenvalue weighted by molar-refractivity contribution is 5.02. The molecule has 0 heterocycles. The molecule has 0 amide bonds. The SMILES string of the molecule is CC(C)=CC(C)(C)CCN(C)C. The zero-order chi connectivity index (χ0) is 9.78. The van der Waals surface area contributed by atoms with Crippen LogP contribution in [0.15, 0.2) is 11.6 Å². The van der Waals surface area contributed by atoms with Crippen molar-refractivity contribution in [2.24, 2.45) is 5.41 Å². The summed E-state index contributed by atoms with van der Waals surface area (Å²) in [4.78, 5) is 2.24. The molecule has 0 unspecified atom stereocenters. The molecule has 0 aliphatic carbocycles. The van der Waals surface area contributed by atoms with Gasteiger partial charge in [0.25, 0.3) is 0 Å². The van der Waals surface area contributed by atoms with Gasteiger partial charge in [-0.15, -0.1) is 0 Å². The first-order chi connectivity index (χ1) is 5.33. The van der Waals surface area contributed by atoms with Gasteiger partial charge in [-0.3, -0.25) is 0 Å². The summed E-state index contributed by atoms with van der Waals surface area (Å²) in [6, 6.07) is 0. The van der Waals surface area contributed by atoms with Crippen molar-refractivity contribution in [3.8, 4) is 0 Å². The predicted octanol–water partition coefficient (Wildman–Crippen LogP) is 2.93. The van der Waals surface area contributed by atoms with E-state index in [4.69, 9.17) is 0 Å².